The molecule has 1 amide bonds. The Hall–Kier alpha value is -2.57. The average molecular weight is 368 g/mol. The zero-order valence-corrected chi connectivity index (χ0v) is 15.2. The second-order valence-corrected chi connectivity index (χ2v) is 6.80. The number of fused-ring (bicyclic) bond motifs is 1. The van der Waals surface area contributed by atoms with Crippen LogP contribution in [-0.4, -0.2) is 49.8 Å². The van der Waals surface area contributed by atoms with Crippen LogP contribution < -0.4 is 14.8 Å². The molecule has 2 aliphatic heterocycles. The van der Waals surface area contributed by atoms with Gasteiger partial charge in [-0.25, -0.2) is 0 Å². The van der Waals surface area contributed by atoms with E-state index >= 15 is 0 Å². The molecule has 6 heteroatoms. The fraction of sp³-hybridized carbons (Fsp3) is 0.381. The van der Waals surface area contributed by atoms with Gasteiger partial charge < -0.3 is 19.5 Å². The predicted octanol–water partition coefficient (Wildman–Crippen LogP) is 2.69. The van der Waals surface area contributed by atoms with Crippen molar-refractivity contribution in [2.24, 2.45) is 0 Å². The van der Waals surface area contributed by atoms with Crippen LogP contribution >= 0.6 is 0 Å². The number of ether oxygens (including phenoxy) is 3. The molecule has 0 aromatic heterocycles. The highest BCUT2D eigenvalue weighted by molar-refractivity contribution is 5.91. The number of rotatable bonds is 5. The number of carbonyl (C=O) groups excluding carboxylic acids is 1. The van der Waals surface area contributed by atoms with Gasteiger partial charge in [0.25, 0.3) is 0 Å². The van der Waals surface area contributed by atoms with Crippen molar-refractivity contribution in [2.45, 2.75) is 19.0 Å². The summed E-state index contributed by atoms with van der Waals surface area (Å²) in [5, 5.41) is 2.96. The van der Waals surface area contributed by atoms with Crippen molar-refractivity contribution in [3.05, 3.63) is 54.1 Å². The highest BCUT2D eigenvalue weighted by Gasteiger charge is 2.26. The number of nitrogens with one attached hydrogen (secondary N) is 1. The summed E-state index contributed by atoms with van der Waals surface area (Å²) in [5.74, 6) is 1.60. The highest BCUT2D eigenvalue weighted by atomic mass is 16.6. The van der Waals surface area contributed by atoms with Crippen LogP contribution in [0.5, 0.6) is 11.5 Å². The molecular formula is C21H24N2O4. The molecule has 1 fully saturated rings. The van der Waals surface area contributed by atoms with Crippen molar-refractivity contribution in [1.29, 1.82) is 0 Å². The molecular weight excluding hydrogens is 344 g/mol. The monoisotopic (exact) mass is 368 g/mol. The van der Waals surface area contributed by atoms with Gasteiger partial charge in [-0.05, 0) is 29.8 Å². The number of nitrogens with zero attached hydrogens (tertiary/aromatic N) is 1. The normalized spacial score (nSPS) is 19.5. The van der Waals surface area contributed by atoms with Gasteiger partial charge in [-0.1, -0.05) is 24.3 Å². The third-order valence-corrected chi connectivity index (χ3v) is 4.82. The third-order valence-electron chi connectivity index (χ3n) is 4.82. The predicted molar refractivity (Wildman–Crippen MR) is 102 cm³/mol. The summed E-state index contributed by atoms with van der Waals surface area (Å²) in [6, 6.07) is 15.6. The van der Waals surface area contributed by atoms with Gasteiger partial charge in [-0.15, -0.1) is 0 Å². The Kier molecular flexibility index (Phi) is 5.55. The van der Waals surface area contributed by atoms with E-state index in [1.165, 1.54) is 0 Å². The molecule has 2 heterocycles. The lowest BCUT2D eigenvalue weighted by Gasteiger charge is -2.35. The van der Waals surface area contributed by atoms with Gasteiger partial charge >= 0.3 is 0 Å². The Morgan fingerprint density at radius 2 is 1.85 bits per heavy atom. The summed E-state index contributed by atoms with van der Waals surface area (Å²) in [6.07, 6.45) is 0.402. The van der Waals surface area contributed by atoms with E-state index in [9.17, 15) is 4.79 Å². The minimum absolute atomic E-state index is 0.00359. The fourth-order valence-corrected chi connectivity index (χ4v) is 3.45. The van der Waals surface area contributed by atoms with Crippen molar-refractivity contribution in [1.82, 2.24) is 4.90 Å². The van der Waals surface area contributed by atoms with Crippen molar-refractivity contribution >= 4 is 11.6 Å². The van der Waals surface area contributed by atoms with E-state index < -0.39 is 0 Å². The first-order valence-electron chi connectivity index (χ1n) is 9.33. The van der Waals surface area contributed by atoms with E-state index in [4.69, 9.17) is 14.2 Å². The van der Waals surface area contributed by atoms with Crippen molar-refractivity contribution in [3.8, 4) is 11.5 Å². The summed E-state index contributed by atoms with van der Waals surface area (Å²) in [4.78, 5) is 14.7. The number of morpholine rings is 1. The molecule has 0 aliphatic carbocycles. The van der Waals surface area contributed by atoms with Crippen LogP contribution in [0.4, 0.5) is 5.69 Å². The zero-order valence-electron chi connectivity index (χ0n) is 15.2. The van der Waals surface area contributed by atoms with Crippen LogP contribution in [0.15, 0.2) is 48.5 Å². The van der Waals surface area contributed by atoms with Gasteiger partial charge in [0.1, 0.15) is 13.2 Å². The Bertz CT molecular complexity index is 781. The minimum Gasteiger partial charge on any atom is -0.486 e. The van der Waals surface area contributed by atoms with Crippen LogP contribution in [0.3, 0.4) is 0 Å². The summed E-state index contributed by atoms with van der Waals surface area (Å²) in [5.41, 5.74) is 1.97. The van der Waals surface area contributed by atoms with Gasteiger partial charge in [0.2, 0.25) is 5.91 Å². The summed E-state index contributed by atoms with van der Waals surface area (Å²) < 4.78 is 16.9. The van der Waals surface area contributed by atoms with Crippen LogP contribution in [-0.2, 0) is 16.1 Å². The zero-order chi connectivity index (χ0) is 18.5. The third kappa shape index (κ3) is 4.59. The molecule has 0 spiro atoms. The Morgan fingerprint density at radius 3 is 2.70 bits per heavy atom. The maximum absolute atomic E-state index is 12.4. The molecule has 142 valence electrons. The van der Waals surface area contributed by atoms with Crippen LogP contribution in [0.1, 0.15) is 12.0 Å². The molecule has 1 N–H and O–H groups in total. The molecule has 1 saturated heterocycles. The molecule has 1 atom stereocenters. The molecule has 27 heavy (non-hydrogen) atoms. The number of carbonyl (C=O) groups is 1. The number of para-hydroxylation sites is 1. The van der Waals surface area contributed by atoms with Crippen molar-refractivity contribution in [2.75, 3.05) is 38.3 Å². The minimum atomic E-state index is 0.00359. The Labute approximate surface area is 159 Å². The Morgan fingerprint density at radius 1 is 1.04 bits per heavy atom. The molecule has 2 aromatic rings. The average Bonchev–Trinajstić information content (AvgIpc) is 2.70. The van der Waals surface area contributed by atoms with Gasteiger partial charge in [0.05, 0.1) is 13.2 Å². The fourth-order valence-electron chi connectivity index (χ4n) is 3.45. The quantitative estimate of drug-likeness (QED) is 0.879. The summed E-state index contributed by atoms with van der Waals surface area (Å²) in [6.45, 7) is 3.97. The van der Waals surface area contributed by atoms with Crippen LogP contribution in [0.25, 0.3) is 0 Å². The number of hydrogen-bond donors (Lipinski definition) is 1. The van der Waals surface area contributed by atoms with Crippen molar-refractivity contribution in [3.63, 3.8) is 0 Å². The second kappa shape index (κ2) is 8.41. The highest BCUT2D eigenvalue weighted by Crippen LogP contribution is 2.31. The van der Waals surface area contributed by atoms with E-state index in [-0.39, 0.29) is 11.9 Å². The molecule has 2 aliphatic rings. The van der Waals surface area contributed by atoms with Crippen LogP contribution in [0, 0.1) is 0 Å². The standard InChI is InChI=1S/C21H24N2O4/c24-21(22-17-4-2-1-3-5-17)13-18-15-25-9-8-23(18)14-16-6-7-19-20(12-16)27-11-10-26-19/h1-7,12,18H,8-11,13-15H2,(H,22,24)/t18-/m1/s1. The molecule has 0 unspecified atom stereocenters. The van der Waals surface area contributed by atoms with E-state index in [0.29, 0.717) is 32.8 Å². The number of benzene rings is 2. The van der Waals surface area contributed by atoms with Gasteiger partial charge in [-0.3, -0.25) is 9.69 Å². The molecule has 0 saturated carbocycles. The molecule has 0 bridgehead atoms. The van der Waals surface area contributed by atoms with E-state index in [0.717, 1.165) is 35.8 Å². The summed E-state index contributed by atoms with van der Waals surface area (Å²) in [7, 11) is 0. The SMILES string of the molecule is O=C(C[C@@H]1COCCN1Cc1ccc2c(c1)OCCO2)Nc1ccccc1. The molecule has 6 nitrogen and oxygen atoms in total. The first-order chi connectivity index (χ1) is 13.3. The molecule has 0 radical (unpaired) electrons. The van der Waals surface area contributed by atoms with Gasteiger partial charge in [0, 0.05) is 31.2 Å². The number of amides is 1. The first kappa shape index (κ1) is 17.8. The van der Waals surface area contributed by atoms with Gasteiger partial charge in [0.15, 0.2) is 11.5 Å². The lowest BCUT2D eigenvalue weighted by molar-refractivity contribution is -0.119. The summed E-state index contributed by atoms with van der Waals surface area (Å²) >= 11 is 0. The second-order valence-electron chi connectivity index (χ2n) is 6.80. The lowest BCUT2D eigenvalue weighted by Crippen LogP contribution is -2.46. The maximum atomic E-state index is 12.4. The smallest absolute Gasteiger partial charge is 0.226 e. The lowest BCUT2D eigenvalue weighted by atomic mass is 10.1. The largest absolute Gasteiger partial charge is 0.486 e. The maximum Gasteiger partial charge on any atom is 0.226 e. The number of hydrogen-bond acceptors (Lipinski definition) is 5. The molecule has 4 rings (SSSR count). The molecule has 2 aromatic carbocycles. The van der Waals surface area contributed by atoms with Crippen LogP contribution in [0.2, 0.25) is 0 Å². The topological polar surface area (TPSA) is 60.0 Å². The van der Waals surface area contributed by atoms with Crippen molar-refractivity contribution < 1.29 is 19.0 Å². The van der Waals surface area contributed by atoms with E-state index in [1.54, 1.807) is 0 Å². The number of anilines is 1. The van der Waals surface area contributed by atoms with E-state index in [2.05, 4.69) is 16.3 Å². The van der Waals surface area contributed by atoms with E-state index in [1.807, 2.05) is 42.5 Å². The first-order valence-corrected chi connectivity index (χ1v) is 9.33. The van der Waals surface area contributed by atoms with Gasteiger partial charge in [-0.2, -0.15) is 0 Å². The Balaban J connectivity index is 1.39.